The maximum Gasteiger partial charge on any atom is 0.392 e. The smallest absolute Gasteiger partial charge is 0.392 e. The molecule has 0 aromatic carbocycles. The minimum atomic E-state index is -4.34. The normalized spacial score (nSPS) is 11.4. The van der Waals surface area contributed by atoms with Crippen molar-refractivity contribution in [3.8, 4) is 0 Å². The van der Waals surface area contributed by atoms with Gasteiger partial charge in [-0.3, -0.25) is 4.79 Å². The predicted octanol–water partition coefficient (Wildman–Crippen LogP) is 0.356. The van der Waals surface area contributed by atoms with Gasteiger partial charge < -0.3 is 10.5 Å². The standard InChI is InChI=1S/C7H9F3N4O2/c8-7(9,10)1-2-16-5(15)3-14-4-12-6(11)13-14/h4H,1-3H2,(H2,11,13). The van der Waals surface area contributed by atoms with Crippen LogP contribution in [-0.4, -0.2) is 33.5 Å². The molecule has 0 atom stereocenters. The predicted molar refractivity (Wildman–Crippen MR) is 46.1 cm³/mol. The Bertz CT molecular complexity index is 363. The van der Waals surface area contributed by atoms with Gasteiger partial charge in [-0.15, -0.1) is 5.10 Å². The van der Waals surface area contributed by atoms with Crippen LogP contribution in [0.5, 0.6) is 0 Å². The number of rotatable bonds is 4. The fraction of sp³-hybridized carbons (Fsp3) is 0.571. The minimum Gasteiger partial charge on any atom is -0.464 e. The van der Waals surface area contributed by atoms with E-state index in [2.05, 4.69) is 14.8 Å². The van der Waals surface area contributed by atoms with Gasteiger partial charge in [0.25, 0.3) is 0 Å². The van der Waals surface area contributed by atoms with Crippen LogP contribution in [0.4, 0.5) is 19.1 Å². The summed E-state index contributed by atoms with van der Waals surface area (Å²) in [5, 5.41) is 3.57. The van der Waals surface area contributed by atoms with Gasteiger partial charge in [-0.1, -0.05) is 0 Å². The SMILES string of the molecule is Nc1ncn(CC(=O)OCCC(F)(F)F)n1. The third-order valence-corrected chi connectivity index (χ3v) is 1.49. The monoisotopic (exact) mass is 238 g/mol. The summed E-state index contributed by atoms with van der Waals surface area (Å²) in [5.41, 5.74) is 5.17. The molecule has 0 radical (unpaired) electrons. The van der Waals surface area contributed by atoms with E-state index in [4.69, 9.17) is 5.73 Å². The summed E-state index contributed by atoms with van der Waals surface area (Å²) < 4.78 is 40.5. The van der Waals surface area contributed by atoms with Crippen molar-refractivity contribution < 1.29 is 22.7 Å². The Morgan fingerprint density at radius 3 is 2.75 bits per heavy atom. The van der Waals surface area contributed by atoms with Crippen LogP contribution < -0.4 is 5.73 Å². The molecule has 9 heteroatoms. The molecule has 1 heterocycles. The van der Waals surface area contributed by atoms with Gasteiger partial charge in [-0.05, 0) is 0 Å². The number of aromatic nitrogens is 3. The van der Waals surface area contributed by atoms with Gasteiger partial charge in [0.2, 0.25) is 5.95 Å². The topological polar surface area (TPSA) is 83.0 Å². The van der Waals surface area contributed by atoms with Gasteiger partial charge in [0.05, 0.1) is 6.42 Å². The first-order valence-corrected chi connectivity index (χ1v) is 4.24. The summed E-state index contributed by atoms with van der Waals surface area (Å²) in [4.78, 5) is 14.5. The van der Waals surface area contributed by atoms with Crippen LogP contribution in [0.3, 0.4) is 0 Å². The molecule has 2 N–H and O–H groups in total. The Kier molecular flexibility index (Phi) is 3.69. The average Bonchev–Trinajstić information content (AvgIpc) is 2.48. The molecule has 1 aromatic rings. The van der Waals surface area contributed by atoms with E-state index >= 15 is 0 Å². The molecule has 0 aliphatic rings. The minimum absolute atomic E-state index is 0.0249. The number of nitrogen functional groups attached to an aromatic ring is 1. The second-order valence-corrected chi connectivity index (χ2v) is 2.89. The van der Waals surface area contributed by atoms with Crippen molar-refractivity contribution >= 4 is 11.9 Å². The van der Waals surface area contributed by atoms with E-state index in [9.17, 15) is 18.0 Å². The molecule has 6 nitrogen and oxygen atoms in total. The lowest BCUT2D eigenvalue weighted by molar-refractivity contribution is -0.159. The van der Waals surface area contributed by atoms with Crippen molar-refractivity contribution in [3.63, 3.8) is 0 Å². The number of carbonyl (C=O) groups is 1. The molecule has 0 amide bonds. The maximum atomic E-state index is 11.7. The second kappa shape index (κ2) is 4.81. The van der Waals surface area contributed by atoms with Crippen LogP contribution in [0.2, 0.25) is 0 Å². The number of hydrogen-bond acceptors (Lipinski definition) is 5. The lowest BCUT2D eigenvalue weighted by Gasteiger charge is -2.07. The van der Waals surface area contributed by atoms with Crippen LogP contribution in [-0.2, 0) is 16.1 Å². The molecule has 0 aliphatic heterocycles. The summed E-state index contributed by atoms with van der Waals surface area (Å²) in [5.74, 6) is -0.850. The molecule has 0 saturated carbocycles. The Labute approximate surface area is 88.2 Å². The second-order valence-electron chi connectivity index (χ2n) is 2.89. The number of alkyl halides is 3. The number of ether oxygens (including phenoxy) is 1. The largest absolute Gasteiger partial charge is 0.464 e. The van der Waals surface area contributed by atoms with Gasteiger partial charge >= 0.3 is 12.1 Å². The Balaban J connectivity index is 2.26. The van der Waals surface area contributed by atoms with Crippen LogP contribution in [0.25, 0.3) is 0 Å². The molecule has 1 rings (SSSR count). The van der Waals surface area contributed by atoms with Gasteiger partial charge in [0.1, 0.15) is 19.5 Å². The van der Waals surface area contributed by atoms with Gasteiger partial charge in [-0.25, -0.2) is 9.67 Å². The fourth-order valence-corrected chi connectivity index (χ4v) is 0.844. The van der Waals surface area contributed by atoms with E-state index in [1.165, 1.54) is 6.33 Å². The molecule has 0 unspecified atom stereocenters. The van der Waals surface area contributed by atoms with E-state index in [0.29, 0.717) is 0 Å². The van der Waals surface area contributed by atoms with Crippen molar-refractivity contribution in [1.29, 1.82) is 0 Å². The van der Waals surface area contributed by atoms with E-state index in [1.54, 1.807) is 0 Å². The van der Waals surface area contributed by atoms with Crippen molar-refractivity contribution in [2.24, 2.45) is 0 Å². The lowest BCUT2D eigenvalue weighted by atomic mass is 10.4. The van der Waals surface area contributed by atoms with Gasteiger partial charge in [0, 0.05) is 0 Å². The number of halogens is 3. The van der Waals surface area contributed by atoms with Crippen molar-refractivity contribution in [2.75, 3.05) is 12.3 Å². The van der Waals surface area contributed by atoms with Crippen LogP contribution in [0.1, 0.15) is 6.42 Å². The van der Waals surface area contributed by atoms with Gasteiger partial charge in [-0.2, -0.15) is 13.2 Å². The number of anilines is 1. The maximum absolute atomic E-state index is 11.7. The van der Waals surface area contributed by atoms with Crippen molar-refractivity contribution in [2.45, 2.75) is 19.1 Å². The number of nitrogens with zero attached hydrogens (tertiary/aromatic N) is 3. The number of nitrogens with two attached hydrogens (primary N) is 1. The molecule has 1 aromatic heterocycles. The lowest BCUT2D eigenvalue weighted by Crippen LogP contribution is -2.18. The number of carbonyl (C=O) groups excluding carboxylic acids is 1. The fourth-order valence-electron chi connectivity index (χ4n) is 0.844. The van der Waals surface area contributed by atoms with Crippen LogP contribution >= 0.6 is 0 Å². The molecule has 0 fully saturated rings. The Morgan fingerprint density at radius 2 is 2.25 bits per heavy atom. The first-order chi connectivity index (χ1) is 7.37. The summed E-state index contributed by atoms with van der Waals surface area (Å²) in [6, 6.07) is 0. The van der Waals surface area contributed by atoms with E-state index in [0.717, 1.165) is 4.68 Å². The molecule has 0 bridgehead atoms. The zero-order chi connectivity index (χ0) is 12.2. The third-order valence-electron chi connectivity index (χ3n) is 1.49. The molecule has 16 heavy (non-hydrogen) atoms. The van der Waals surface area contributed by atoms with E-state index in [1.807, 2.05) is 0 Å². The summed E-state index contributed by atoms with van der Waals surface area (Å²) >= 11 is 0. The third kappa shape index (κ3) is 4.62. The first-order valence-electron chi connectivity index (χ1n) is 4.24. The van der Waals surface area contributed by atoms with E-state index < -0.39 is 25.2 Å². The quantitative estimate of drug-likeness (QED) is 0.765. The summed E-state index contributed by atoms with van der Waals surface area (Å²) in [7, 11) is 0. The summed E-state index contributed by atoms with van der Waals surface area (Å²) in [6.45, 7) is -1.02. The van der Waals surface area contributed by atoms with Crippen molar-refractivity contribution in [1.82, 2.24) is 14.8 Å². The zero-order valence-corrected chi connectivity index (χ0v) is 8.07. The molecule has 90 valence electrons. The number of esters is 1. The highest BCUT2D eigenvalue weighted by Gasteiger charge is 2.27. The Morgan fingerprint density at radius 1 is 1.56 bits per heavy atom. The van der Waals surface area contributed by atoms with Gasteiger partial charge in [0.15, 0.2) is 0 Å². The highest BCUT2D eigenvalue weighted by atomic mass is 19.4. The van der Waals surface area contributed by atoms with Crippen LogP contribution in [0, 0.1) is 0 Å². The van der Waals surface area contributed by atoms with E-state index in [-0.39, 0.29) is 12.5 Å². The van der Waals surface area contributed by atoms with Crippen molar-refractivity contribution in [3.05, 3.63) is 6.33 Å². The number of hydrogen-bond donors (Lipinski definition) is 1. The summed E-state index contributed by atoms with van der Waals surface area (Å²) in [6.07, 6.45) is -4.32. The highest BCUT2D eigenvalue weighted by molar-refractivity contribution is 5.68. The molecule has 0 aliphatic carbocycles. The molecule has 0 saturated heterocycles. The first kappa shape index (κ1) is 12.3. The highest BCUT2D eigenvalue weighted by Crippen LogP contribution is 2.18. The average molecular weight is 238 g/mol. The zero-order valence-electron chi connectivity index (χ0n) is 8.07. The molecular formula is C7H9F3N4O2. The molecule has 0 spiro atoms. The van der Waals surface area contributed by atoms with Crippen LogP contribution in [0.15, 0.2) is 6.33 Å². The Hall–Kier alpha value is -1.80. The molecular weight excluding hydrogens is 229 g/mol.